The normalized spacial score (nSPS) is 16.3. The lowest BCUT2D eigenvalue weighted by Crippen LogP contribution is -2.58. The molecule has 2 aromatic rings. The Kier molecular flexibility index (Phi) is 43.0. The highest BCUT2D eigenvalue weighted by molar-refractivity contribution is 6.04. The summed E-state index contributed by atoms with van der Waals surface area (Å²) in [6.45, 7) is 29.4. The number of rotatable bonds is 48. The van der Waals surface area contributed by atoms with Crippen LogP contribution in [0.3, 0.4) is 0 Å². The summed E-state index contributed by atoms with van der Waals surface area (Å²) in [5, 5.41) is 20.5. The van der Waals surface area contributed by atoms with Gasteiger partial charge >= 0.3 is 36.5 Å². The van der Waals surface area contributed by atoms with E-state index in [0.29, 0.717) is 56.2 Å². The van der Waals surface area contributed by atoms with E-state index in [1.165, 1.54) is 9.80 Å². The van der Waals surface area contributed by atoms with Crippen LogP contribution in [-0.2, 0) is 81.8 Å². The first-order chi connectivity index (χ1) is 55.6. The Bertz CT molecular complexity index is 3720. The predicted molar refractivity (Wildman–Crippen MR) is 441 cm³/mol. The maximum atomic E-state index is 14.3. The van der Waals surface area contributed by atoms with Crippen molar-refractivity contribution in [3.8, 4) is 0 Å². The molecule has 0 bridgehead atoms. The molecule has 2 fully saturated rings. The largest absolute Gasteiger partial charge is 0.460 e. The Balaban J connectivity index is 0.000000620. The van der Waals surface area contributed by atoms with Gasteiger partial charge in [-0.15, -0.1) is 0 Å². The average molecular weight is 1710 g/mol. The zero-order valence-electron chi connectivity index (χ0n) is 73.0. The molecule has 0 spiro atoms. The molecule has 2 saturated heterocycles. The average Bonchev–Trinajstić information content (AvgIpc) is 1.66. The summed E-state index contributed by atoms with van der Waals surface area (Å²) in [5.74, 6) is -6.87. The first kappa shape index (κ1) is 105. The van der Waals surface area contributed by atoms with Gasteiger partial charge in [0.1, 0.15) is 42.9 Å². The number of hydrogen-bond donors (Lipinski definition) is 10. The van der Waals surface area contributed by atoms with E-state index in [9.17, 15) is 93.5 Å². The number of benzene rings is 2. The summed E-state index contributed by atoms with van der Waals surface area (Å²) in [6, 6.07) is 4.22. The van der Waals surface area contributed by atoms with Crippen molar-refractivity contribution in [3.05, 3.63) is 65.2 Å². The van der Waals surface area contributed by atoms with Gasteiger partial charge in [0, 0.05) is 94.8 Å². The maximum Gasteiger partial charge on any atom is 0.407 e. The van der Waals surface area contributed by atoms with Crippen molar-refractivity contribution < 1.29 is 103 Å². The van der Waals surface area contributed by atoms with Crippen molar-refractivity contribution in [2.45, 2.75) is 295 Å². The van der Waals surface area contributed by atoms with Crippen molar-refractivity contribution in [2.75, 3.05) is 44.6 Å². The van der Waals surface area contributed by atoms with Gasteiger partial charge in [0.15, 0.2) is 5.78 Å². The molecule has 2 aromatic carbocycles. The van der Waals surface area contributed by atoms with Crippen molar-refractivity contribution in [1.82, 2.24) is 47.0 Å². The Hall–Kier alpha value is -9.08. The lowest BCUT2D eigenvalue weighted by molar-refractivity contribution is -0.162. The highest BCUT2D eigenvalue weighted by Crippen LogP contribution is 2.38. The number of hydrogen-bond acceptors (Lipinski definition) is 18. The second-order valence-corrected chi connectivity index (χ2v) is 36.2. The third kappa shape index (κ3) is 38.8. The Morgan fingerprint density at radius 2 is 0.908 bits per heavy atom. The summed E-state index contributed by atoms with van der Waals surface area (Å²) >= 11 is 0. The Morgan fingerprint density at radius 3 is 1.35 bits per heavy atom. The summed E-state index contributed by atoms with van der Waals surface area (Å²) in [4.78, 5) is 178. The lowest BCUT2D eigenvalue weighted by Gasteiger charge is -2.30. The van der Waals surface area contributed by atoms with Crippen molar-refractivity contribution >= 4 is 88.5 Å². The van der Waals surface area contributed by atoms with Crippen molar-refractivity contribution in [2.24, 2.45) is 62.7 Å². The highest BCUT2D eigenvalue weighted by Gasteiger charge is 2.48. The SMILES string of the molecule is CC(C)C(NC(CCCCCN1C(=O)CC(C(C)(C)C)C1=O)C(F)(F)F)C(=O)CC(CCCNC(N)=O)C(=O)Nc1ccc(COC(=O)NCCCC(=O)C(C)(C)C)cc1.CC(C)C(NC(CCCCCN1C(=O)CC(C(C)(C)C)C1=O)C(F)(F)F)C(=O)NC(CCCNC(N)=O)C(=O)NCCCC(=O)Cc1ccc(COC(=O)C(C)(C)C)cc1. The van der Waals surface area contributed by atoms with Gasteiger partial charge in [-0.3, -0.25) is 73.2 Å². The third-order valence-corrected chi connectivity index (χ3v) is 20.9. The van der Waals surface area contributed by atoms with E-state index in [4.69, 9.17) is 20.9 Å². The van der Waals surface area contributed by atoms with Gasteiger partial charge in [0.2, 0.25) is 41.4 Å². The van der Waals surface area contributed by atoms with E-state index in [1.54, 1.807) is 97.0 Å². The number of alkyl halides is 6. The predicted octanol–water partition coefficient (Wildman–Crippen LogP) is 12.0. The van der Waals surface area contributed by atoms with Gasteiger partial charge in [-0.2, -0.15) is 26.3 Å². The Morgan fingerprint density at radius 1 is 0.475 bits per heavy atom. The number of nitrogens with one attached hydrogen (secondary N) is 8. The number of likely N-dealkylation sites (tertiary alicyclic amines) is 2. The number of carbonyl (C=O) groups is 14. The molecule has 12 N–H and O–H groups in total. The molecule has 0 aromatic heterocycles. The van der Waals surface area contributed by atoms with Crippen LogP contribution in [0.2, 0.25) is 0 Å². The number of imide groups is 2. The van der Waals surface area contributed by atoms with E-state index in [1.807, 2.05) is 62.3 Å². The minimum absolute atomic E-state index is 0.0359. The number of alkyl carbamates (subject to hydrolysis) is 1. The van der Waals surface area contributed by atoms with Crippen molar-refractivity contribution in [1.29, 1.82) is 0 Å². The van der Waals surface area contributed by atoms with Gasteiger partial charge in [-0.1, -0.05) is 152 Å². The summed E-state index contributed by atoms with van der Waals surface area (Å²) in [5.41, 5.74) is 11.0. The van der Waals surface area contributed by atoms with Crippen LogP contribution in [0, 0.1) is 51.2 Å². The quantitative estimate of drug-likeness (QED) is 0.0127. The second-order valence-electron chi connectivity index (χ2n) is 36.2. The molecule has 676 valence electrons. The van der Waals surface area contributed by atoms with E-state index < -0.39 is 125 Å². The minimum Gasteiger partial charge on any atom is -0.460 e. The molecule has 0 saturated carbocycles. The Labute approximate surface area is 703 Å². The fraction of sp³-hybridized carbons (Fsp3) is 0.698. The second kappa shape index (κ2) is 49.1. The topological polar surface area (TPSA) is 412 Å². The third-order valence-electron chi connectivity index (χ3n) is 20.9. The number of urea groups is 2. The van der Waals surface area contributed by atoms with Gasteiger partial charge in [0.25, 0.3) is 0 Å². The van der Waals surface area contributed by atoms with Crippen LogP contribution in [0.4, 0.5) is 46.4 Å². The number of ether oxygens (including phenoxy) is 2. The van der Waals surface area contributed by atoms with Crippen LogP contribution in [0.25, 0.3) is 0 Å². The van der Waals surface area contributed by atoms with Crippen LogP contribution in [-0.4, -0.2) is 174 Å². The van der Waals surface area contributed by atoms with Crippen LogP contribution in [0.15, 0.2) is 48.5 Å². The fourth-order valence-corrected chi connectivity index (χ4v) is 13.4. The number of ketones is 3. The van der Waals surface area contributed by atoms with Crippen LogP contribution in [0.1, 0.15) is 249 Å². The van der Waals surface area contributed by atoms with Gasteiger partial charge < -0.3 is 52.8 Å². The molecule has 120 heavy (non-hydrogen) atoms. The monoisotopic (exact) mass is 1700 g/mol. The molecular weight excluding hydrogens is 1570 g/mol. The number of primary amides is 2. The first-order valence-corrected chi connectivity index (χ1v) is 41.7. The number of nitrogens with zero attached hydrogens (tertiary/aromatic N) is 2. The highest BCUT2D eigenvalue weighted by atomic mass is 19.4. The molecule has 2 aliphatic rings. The molecule has 4 rings (SSSR count). The smallest absolute Gasteiger partial charge is 0.407 e. The molecule has 2 heterocycles. The molecular formula is C86H134F6N12O16. The number of halogens is 6. The van der Waals surface area contributed by atoms with E-state index in [0.717, 1.165) is 11.1 Å². The zero-order valence-corrected chi connectivity index (χ0v) is 73.0. The summed E-state index contributed by atoms with van der Waals surface area (Å²) in [6.07, 6.45) is -7.21. The van der Waals surface area contributed by atoms with Crippen LogP contribution in [0.5, 0.6) is 0 Å². The summed E-state index contributed by atoms with van der Waals surface area (Å²) in [7, 11) is 0. The fourth-order valence-electron chi connectivity index (χ4n) is 13.4. The van der Waals surface area contributed by atoms with E-state index in [-0.39, 0.29) is 188 Å². The number of carbonyl (C=O) groups excluding carboxylic acids is 14. The van der Waals surface area contributed by atoms with Crippen molar-refractivity contribution in [3.63, 3.8) is 0 Å². The van der Waals surface area contributed by atoms with Gasteiger partial charge in [0.05, 0.1) is 29.3 Å². The standard InChI is InChI=1S/2C43H67F3N6O8/c1-27(2)35(51-33(43(44,45)46)16-10-9-11-23-52-34(54)25-31(38(52)57)41(3,4)5)37(56)50-32(15-13-22-49-40(47)59)36(55)48-21-12-14-30(53)24-28-17-19-29(20-18-28)26-60-39(58)42(6,7)8;1-27(2)36(51-33(43(44,45)46)15-10-9-11-23-52-35(55)25-31(38(52)57)41(3,4)5)32(53)24-29(14-12-21-48-39(47)58)37(56)50-30-19-17-28(18-20-30)26-60-40(59)49-22-13-16-34(54)42(6,7)8/h17-20,27,31-33,35,51H,9-16,21-26H2,1-8H3,(H,48,55)(H,50,56)(H3,47,49,59);17-20,27,29,31,33,36,51H,9-16,21-26H2,1-8H3,(H,49,59)(H,50,56)(H3,47,48,58). The van der Waals surface area contributed by atoms with E-state index >= 15 is 0 Å². The molecule has 8 unspecified atom stereocenters. The molecule has 0 aliphatic carbocycles. The maximum absolute atomic E-state index is 14.3. The minimum atomic E-state index is -4.70. The number of Topliss-reactive ketones (excluding diaryl/α,β-unsaturated/α-hetero) is 3. The zero-order chi connectivity index (χ0) is 90.8. The van der Waals surface area contributed by atoms with Crippen LogP contribution >= 0.6 is 0 Å². The molecule has 28 nitrogen and oxygen atoms in total. The van der Waals surface area contributed by atoms with Crippen LogP contribution < -0.4 is 54.0 Å². The molecule has 8 atom stereocenters. The lowest BCUT2D eigenvalue weighted by atomic mass is 9.80. The first-order valence-electron chi connectivity index (χ1n) is 41.7. The number of unbranched alkanes of at least 4 members (excludes halogenated alkanes) is 4. The molecule has 0 radical (unpaired) electrons. The van der Waals surface area contributed by atoms with E-state index in [2.05, 4.69) is 42.5 Å². The molecule has 2 aliphatic heterocycles. The van der Waals surface area contributed by atoms with Gasteiger partial charge in [-0.05, 0) is 136 Å². The number of esters is 1. The summed E-state index contributed by atoms with van der Waals surface area (Å²) < 4.78 is 96.5. The number of anilines is 1. The van der Waals surface area contributed by atoms with Gasteiger partial charge in [-0.25, -0.2) is 14.4 Å². The number of nitrogens with two attached hydrogens (primary N) is 2. The molecule has 12 amide bonds. The molecule has 34 heteroatoms. The number of amides is 12.